The van der Waals surface area contributed by atoms with Gasteiger partial charge in [0.1, 0.15) is 5.56 Å². The molecule has 0 unspecified atom stereocenters. The van der Waals surface area contributed by atoms with E-state index in [-0.39, 0.29) is 5.91 Å². The highest BCUT2D eigenvalue weighted by Gasteiger charge is 2.13. The maximum Gasteiger partial charge on any atom is 0.256 e. The molecule has 1 amide bonds. The number of aromatic nitrogens is 3. The van der Waals surface area contributed by atoms with Crippen LogP contribution < -0.4 is 11.1 Å². The van der Waals surface area contributed by atoms with E-state index in [0.717, 1.165) is 18.5 Å². The van der Waals surface area contributed by atoms with Crippen LogP contribution in [0.25, 0.3) is 5.65 Å². The monoisotopic (exact) mass is 247 g/mol. The molecule has 0 spiro atoms. The SMILES string of the molecule is Cc1ccn2ncc(C(=O)NCCCCN)c2n1. The average molecular weight is 247 g/mol. The Bertz CT molecular complexity index is 548. The first-order chi connectivity index (χ1) is 8.72. The van der Waals surface area contributed by atoms with Crippen molar-refractivity contribution in [2.75, 3.05) is 13.1 Å². The summed E-state index contributed by atoms with van der Waals surface area (Å²) in [5.41, 5.74) is 7.35. The summed E-state index contributed by atoms with van der Waals surface area (Å²) in [5.74, 6) is -0.139. The van der Waals surface area contributed by atoms with Crippen LogP contribution in [-0.4, -0.2) is 33.6 Å². The Morgan fingerprint density at radius 1 is 1.50 bits per heavy atom. The van der Waals surface area contributed by atoms with Crippen LogP contribution in [0.4, 0.5) is 0 Å². The summed E-state index contributed by atoms with van der Waals surface area (Å²) < 4.78 is 1.60. The van der Waals surface area contributed by atoms with Crippen LogP contribution in [-0.2, 0) is 0 Å². The van der Waals surface area contributed by atoms with Gasteiger partial charge in [0.15, 0.2) is 5.65 Å². The molecule has 2 aromatic heterocycles. The summed E-state index contributed by atoms with van der Waals surface area (Å²) in [6.45, 7) is 3.16. The lowest BCUT2D eigenvalue weighted by Gasteiger charge is -2.03. The molecule has 0 aliphatic carbocycles. The summed E-state index contributed by atoms with van der Waals surface area (Å²) in [4.78, 5) is 16.3. The number of carbonyl (C=O) groups excluding carboxylic acids is 1. The molecule has 0 saturated heterocycles. The number of hydrogen-bond acceptors (Lipinski definition) is 4. The van der Waals surface area contributed by atoms with E-state index in [0.29, 0.717) is 24.3 Å². The molecule has 2 heterocycles. The van der Waals surface area contributed by atoms with Crippen LogP contribution in [0.1, 0.15) is 28.9 Å². The van der Waals surface area contributed by atoms with Gasteiger partial charge in [0, 0.05) is 18.4 Å². The largest absolute Gasteiger partial charge is 0.352 e. The zero-order valence-electron chi connectivity index (χ0n) is 10.4. The second-order valence-electron chi connectivity index (χ2n) is 4.15. The van der Waals surface area contributed by atoms with Crippen molar-refractivity contribution in [3.63, 3.8) is 0 Å². The van der Waals surface area contributed by atoms with E-state index < -0.39 is 0 Å². The van der Waals surface area contributed by atoms with Crippen molar-refractivity contribution >= 4 is 11.6 Å². The molecule has 6 heteroatoms. The minimum absolute atomic E-state index is 0.139. The summed E-state index contributed by atoms with van der Waals surface area (Å²) in [5, 5.41) is 6.94. The van der Waals surface area contributed by atoms with Crippen molar-refractivity contribution in [1.82, 2.24) is 19.9 Å². The highest BCUT2D eigenvalue weighted by atomic mass is 16.1. The van der Waals surface area contributed by atoms with Crippen LogP contribution in [0, 0.1) is 6.92 Å². The lowest BCUT2D eigenvalue weighted by atomic mass is 10.3. The van der Waals surface area contributed by atoms with E-state index in [1.165, 1.54) is 0 Å². The first kappa shape index (κ1) is 12.5. The number of amides is 1. The molecule has 0 aliphatic heterocycles. The van der Waals surface area contributed by atoms with Crippen molar-refractivity contribution in [1.29, 1.82) is 0 Å². The maximum atomic E-state index is 12.0. The Hall–Kier alpha value is -1.95. The third kappa shape index (κ3) is 2.65. The highest BCUT2D eigenvalue weighted by molar-refractivity contribution is 5.99. The van der Waals surface area contributed by atoms with Crippen LogP contribution >= 0.6 is 0 Å². The number of hydrogen-bond donors (Lipinski definition) is 2. The van der Waals surface area contributed by atoms with Gasteiger partial charge >= 0.3 is 0 Å². The Balaban J connectivity index is 2.10. The van der Waals surface area contributed by atoms with E-state index >= 15 is 0 Å². The Morgan fingerprint density at radius 3 is 3.11 bits per heavy atom. The average Bonchev–Trinajstić information content (AvgIpc) is 2.77. The molecule has 0 saturated carbocycles. The minimum Gasteiger partial charge on any atom is -0.352 e. The standard InChI is InChI=1S/C12H17N5O/c1-9-4-7-17-11(16-9)10(8-15-17)12(18)14-6-3-2-5-13/h4,7-8H,2-3,5-6,13H2,1H3,(H,14,18). The molecule has 0 bridgehead atoms. The first-order valence-electron chi connectivity index (χ1n) is 6.01. The predicted molar refractivity (Wildman–Crippen MR) is 68.3 cm³/mol. The normalized spacial score (nSPS) is 10.8. The highest BCUT2D eigenvalue weighted by Crippen LogP contribution is 2.08. The van der Waals surface area contributed by atoms with Crippen molar-refractivity contribution in [2.45, 2.75) is 19.8 Å². The van der Waals surface area contributed by atoms with Crippen LogP contribution in [0.3, 0.4) is 0 Å². The number of nitrogens with one attached hydrogen (secondary N) is 1. The molecule has 96 valence electrons. The quantitative estimate of drug-likeness (QED) is 0.754. The molecule has 0 fully saturated rings. The van der Waals surface area contributed by atoms with Gasteiger partial charge in [-0.05, 0) is 32.4 Å². The zero-order valence-corrected chi connectivity index (χ0v) is 10.4. The number of nitrogens with zero attached hydrogens (tertiary/aromatic N) is 3. The van der Waals surface area contributed by atoms with E-state index in [1.807, 2.05) is 13.0 Å². The third-order valence-corrected chi connectivity index (χ3v) is 2.67. The van der Waals surface area contributed by atoms with E-state index in [1.54, 1.807) is 16.9 Å². The Morgan fingerprint density at radius 2 is 2.33 bits per heavy atom. The van der Waals surface area contributed by atoms with Gasteiger partial charge < -0.3 is 11.1 Å². The van der Waals surface area contributed by atoms with Crippen molar-refractivity contribution in [3.8, 4) is 0 Å². The zero-order chi connectivity index (χ0) is 13.0. The first-order valence-corrected chi connectivity index (χ1v) is 6.01. The van der Waals surface area contributed by atoms with Crippen molar-refractivity contribution < 1.29 is 4.79 Å². The van der Waals surface area contributed by atoms with Crippen LogP contribution in [0.5, 0.6) is 0 Å². The van der Waals surface area contributed by atoms with Gasteiger partial charge in [0.25, 0.3) is 5.91 Å². The topological polar surface area (TPSA) is 85.3 Å². The number of fused-ring (bicyclic) bond motifs is 1. The van der Waals surface area contributed by atoms with Gasteiger partial charge in [-0.2, -0.15) is 5.10 Å². The minimum atomic E-state index is -0.139. The molecule has 2 rings (SSSR count). The van der Waals surface area contributed by atoms with Gasteiger partial charge in [-0.15, -0.1) is 0 Å². The summed E-state index contributed by atoms with van der Waals surface area (Å²) in [7, 11) is 0. The van der Waals surface area contributed by atoms with Crippen molar-refractivity contribution in [2.24, 2.45) is 5.73 Å². The number of nitrogens with two attached hydrogens (primary N) is 1. The van der Waals surface area contributed by atoms with Gasteiger partial charge in [0.2, 0.25) is 0 Å². The molecule has 0 aliphatic rings. The van der Waals surface area contributed by atoms with Gasteiger partial charge in [-0.3, -0.25) is 4.79 Å². The molecular formula is C12H17N5O. The third-order valence-electron chi connectivity index (χ3n) is 2.67. The second kappa shape index (κ2) is 5.59. The molecule has 2 aromatic rings. The molecule has 6 nitrogen and oxygen atoms in total. The lowest BCUT2D eigenvalue weighted by Crippen LogP contribution is -2.24. The van der Waals surface area contributed by atoms with Gasteiger partial charge in [-0.1, -0.05) is 0 Å². The fraction of sp³-hybridized carbons (Fsp3) is 0.417. The number of rotatable bonds is 5. The predicted octanol–water partition coefficient (Wildman–Crippen LogP) is 0.506. The Kier molecular flexibility index (Phi) is 3.88. The molecular weight excluding hydrogens is 230 g/mol. The Labute approximate surface area is 105 Å². The molecule has 3 N–H and O–H groups in total. The summed E-state index contributed by atoms with van der Waals surface area (Å²) in [6.07, 6.45) is 5.13. The molecule has 0 radical (unpaired) electrons. The number of carbonyl (C=O) groups is 1. The van der Waals surface area contributed by atoms with Crippen molar-refractivity contribution in [3.05, 3.63) is 29.7 Å². The number of aryl methyl sites for hydroxylation is 1. The van der Waals surface area contributed by atoms with E-state index in [4.69, 9.17) is 5.73 Å². The summed E-state index contributed by atoms with van der Waals surface area (Å²) >= 11 is 0. The van der Waals surface area contributed by atoms with Crippen LogP contribution in [0.15, 0.2) is 18.5 Å². The van der Waals surface area contributed by atoms with E-state index in [9.17, 15) is 4.79 Å². The fourth-order valence-electron chi connectivity index (χ4n) is 1.69. The molecule has 0 aromatic carbocycles. The lowest BCUT2D eigenvalue weighted by molar-refractivity contribution is 0.0954. The number of unbranched alkanes of at least 4 members (excludes halogenated alkanes) is 1. The molecule has 18 heavy (non-hydrogen) atoms. The van der Waals surface area contributed by atoms with Gasteiger partial charge in [0.05, 0.1) is 6.20 Å². The van der Waals surface area contributed by atoms with Gasteiger partial charge in [-0.25, -0.2) is 9.50 Å². The fourth-order valence-corrected chi connectivity index (χ4v) is 1.69. The summed E-state index contributed by atoms with van der Waals surface area (Å²) in [6, 6.07) is 1.85. The van der Waals surface area contributed by atoms with Crippen LogP contribution in [0.2, 0.25) is 0 Å². The molecule has 0 atom stereocenters. The van der Waals surface area contributed by atoms with E-state index in [2.05, 4.69) is 15.4 Å². The maximum absolute atomic E-state index is 12.0. The second-order valence-corrected chi connectivity index (χ2v) is 4.15. The smallest absolute Gasteiger partial charge is 0.256 e.